The van der Waals surface area contributed by atoms with E-state index >= 15 is 0 Å². The minimum atomic E-state index is -0.269. The molecule has 0 saturated carbocycles. The van der Waals surface area contributed by atoms with Crippen molar-refractivity contribution >= 4 is 17.5 Å². The van der Waals surface area contributed by atoms with Gasteiger partial charge in [-0.1, -0.05) is 11.6 Å². The van der Waals surface area contributed by atoms with Crippen LogP contribution in [0.25, 0.3) is 0 Å². The molecule has 0 aliphatic heterocycles. The molecule has 0 bridgehead atoms. The molecule has 0 fully saturated rings. The summed E-state index contributed by atoms with van der Waals surface area (Å²) in [5, 5.41) is 2.60. The maximum Gasteiger partial charge on any atom is 0.252 e. The summed E-state index contributed by atoms with van der Waals surface area (Å²) in [5.74, 6) is -0.269. The molecule has 57 valence electrons. The molecule has 1 rings (SSSR count). The van der Waals surface area contributed by atoms with Gasteiger partial charge in [0.25, 0.3) is 5.91 Å². The van der Waals surface area contributed by atoms with Crippen molar-refractivity contribution in [3.05, 3.63) is 36.1 Å². The molecule has 0 aliphatic carbocycles. The van der Waals surface area contributed by atoms with Crippen LogP contribution in [0.4, 0.5) is 0 Å². The molecule has 4 heteroatoms. The zero-order valence-corrected chi connectivity index (χ0v) is 6.43. The van der Waals surface area contributed by atoms with Crippen molar-refractivity contribution in [3.63, 3.8) is 0 Å². The van der Waals surface area contributed by atoms with Crippen molar-refractivity contribution in [1.29, 1.82) is 0 Å². The van der Waals surface area contributed by atoms with E-state index < -0.39 is 0 Å². The van der Waals surface area contributed by atoms with Gasteiger partial charge in [0.15, 0.2) is 0 Å². The number of halogens is 1. The molecule has 1 heterocycles. The lowest BCUT2D eigenvalue weighted by Gasteiger charge is -1.96. The van der Waals surface area contributed by atoms with Gasteiger partial charge < -0.3 is 5.32 Å². The number of carbonyl (C=O) groups is 1. The van der Waals surface area contributed by atoms with Crippen LogP contribution in [0.15, 0.2) is 18.3 Å². The third-order valence-corrected chi connectivity index (χ3v) is 1.37. The van der Waals surface area contributed by atoms with Crippen LogP contribution >= 0.6 is 11.6 Å². The van der Waals surface area contributed by atoms with Gasteiger partial charge in [0.1, 0.15) is 5.15 Å². The Kier molecular flexibility index (Phi) is 2.44. The third-order valence-electron chi connectivity index (χ3n) is 1.15. The summed E-state index contributed by atoms with van der Waals surface area (Å²) in [7, 11) is 3.22. The predicted molar refractivity (Wildman–Crippen MR) is 42.1 cm³/mol. The Hall–Kier alpha value is -1.09. The van der Waals surface area contributed by atoms with Crippen molar-refractivity contribution in [2.24, 2.45) is 0 Å². The Morgan fingerprint density at radius 3 is 2.82 bits per heavy atom. The predicted octanol–water partition coefficient (Wildman–Crippen LogP) is 1.26. The second-order valence-electron chi connectivity index (χ2n) is 1.88. The van der Waals surface area contributed by atoms with E-state index in [0.717, 1.165) is 0 Å². The van der Waals surface area contributed by atoms with Crippen LogP contribution in [-0.4, -0.2) is 10.9 Å². The summed E-state index contributed by atoms with van der Waals surface area (Å²) in [5.41, 5.74) is 0.449. The summed E-state index contributed by atoms with van der Waals surface area (Å²) in [4.78, 5) is 14.6. The van der Waals surface area contributed by atoms with Crippen molar-refractivity contribution in [2.45, 2.75) is 0 Å². The minimum absolute atomic E-state index is 0.269. The van der Waals surface area contributed by atoms with Gasteiger partial charge in [-0.3, -0.25) is 4.79 Å². The largest absolute Gasteiger partial charge is 0.350 e. The van der Waals surface area contributed by atoms with Crippen molar-refractivity contribution in [3.8, 4) is 0 Å². The van der Waals surface area contributed by atoms with E-state index in [1.807, 2.05) is 0 Å². The number of carbonyl (C=O) groups excluding carboxylic acids is 1. The number of rotatable bonds is 1. The fraction of sp³-hybridized carbons (Fsp3) is 0. The van der Waals surface area contributed by atoms with Gasteiger partial charge in [0, 0.05) is 13.2 Å². The third kappa shape index (κ3) is 1.91. The van der Waals surface area contributed by atoms with E-state index in [1.165, 1.54) is 6.20 Å². The summed E-state index contributed by atoms with van der Waals surface area (Å²) in [6.07, 6.45) is 1.39. The molecule has 3 nitrogen and oxygen atoms in total. The molecule has 1 radical (unpaired) electrons. The van der Waals surface area contributed by atoms with Gasteiger partial charge in [-0.25, -0.2) is 4.98 Å². The molecule has 0 spiro atoms. The van der Waals surface area contributed by atoms with E-state index in [9.17, 15) is 4.79 Å². The van der Waals surface area contributed by atoms with Crippen LogP contribution in [0.5, 0.6) is 0 Å². The number of amides is 1. The second kappa shape index (κ2) is 3.34. The first-order valence-electron chi connectivity index (χ1n) is 2.93. The average Bonchev–Trinajstić information content (AvgIpc) is 2.05. The molecule has 0 saturated heterocycles. The minimum Gasteiger partial charge on any atom is -0.350 e. The van der Waals surface area contributed by atoms with Crippen LogP contribution in [0.1, 0.15) is 10.4 Å². The Bertz CT molecular complexity index is 258. The van der Waals surface area contributed by atoms with Gasteiger partial charge in [-0.2, -0.15) is 0 Å². The van der Waals surface area contributed by atoms with E-state index in [2.05, 4.69) is 17.3 Å². The molecule has 11 heavy (non-hydrogen) atoms. The first-order valence-corrected chi connectivity index (χ1v) is 3.31. The lowest BCUT2D eigenvalue weighted by molar-refractivity contribution is 0.0968. The lowest BCUT2D eigenvalue weighted by Crippen LogP contribution is -2.15. The van der Waals surface area contributed by atoms with Gasteiger partial charge in [0.05, 0.1) is 5.56 Å². The zero-order valence-electron chi connectivity index (χ0n) is 5.67. The SMILES string of the molecule is [CH2]NC(=O)c1ccc(Cl)nc1. The van der Waals surface area contributed by atoms with E-state index in [4.69, 9.17) is 11.6 Å². The number of aromatic nitrogens is 1. The fourth-order valence-corrected chi connectivity index (χ4v) is 0.724. The van der Waals surface area contributed by atoms with Crippen LogP contribution in [0, 0.1) is 7.05 Å². The Balaban J connectivity index is 2.90. The molecule has 0 aromatic carbocycles. The van der Waals surface area contributed by atoms with Crippen molar-refractivity contribution in [1.82, 2.24) is 10.3 Å². The molecule has 0 atom stereocenters. The first kappa shape index (κ1) is 8.01. The van der Waals surface area contributed by atoms with Crippen LogP contribution in [-0.2, 0) is 0 Å². The lowest BCUT2D eigenvalue weighted by atomic mass is 10.3. The Morgan fingerprint density at radius 1 is 1.64 bits per heavy atom. The highest BCUT2D eigenvalue weighted by molar-refractivity contribution is 6.29. The van der Waals surface area contributed by atoms with Crippen LogP contribution in [0.2, 0.25) is 5.15 Å². The molecular formula is C7H6ClN2O. The molecular weight excluding hydrogens is 164 g/mol. The van der Waals surface area contributed by atoms with Gasteiger partial charge in [-0.05, 0) is 12.1 Å². The van der Waals surface area contributed by atoms with Crippen molar-refractivity contribution < 1.29 is 4.79 Å². The van der Waals surface area contributed by atoms with Crippen LogP contribution < -0.4 is 5.32 Å². The van der Waals surface area contributed by atoms with E-state index in [1.54, 1.807) is 12.1 Å². The molecule has 1 aromatic heterocycles. The topological polar surface area (TPSA) is 42.0 Å². The second-order valence-corrected chi connectivity index (χ2v) is 2.26. The standard InChI is InChI=1S/C7H6ClN2O/c1-9-7(11)5-2-3-6(8)10-4-5/h2-4H,1H2,(H,9,11). The maximum absolute atomic E-state index is 10.9. The highest BCUT2D eigenvalue weighted by atomic mass is 35.5. The molecule has 0 unspecified atom stereocenters. The fourth-order valence-electron chi connectivity index (χ4n) is 0.612. The van der Waals surface area contributed by atoms with Gasteiger partial charge >= 0.3 is 0 Å². The van der Waals surface area contributed by atoms with Crippen LogP contribution in [0.3, 0.4) is 0 Å². The number of nitrogens with one attached hydrogen (secondary N) is 1. The smallest absolute Gasteiger partial charge is 0.252 e. The highest BCUT2D eigenvalue weighted by Gasteiger charge is 2.01. The van der Waals surface area contributed by atoms with Gasteiger partial charge in [-0.15, -0.1) is 0 Å². The summed E-state index contributed by atoms with van der Waals surface area (Å²) < 4.78 is 0. The number of pyridine rings is 1. The monoisotopic (exact) mass is 169 g/mol. The maximum atomic E-state index is 10.9. The number of hydrogen-bond donors (Lipinski definition) is 1. The van der Waals surface area contributed by atoms with E-state index in [0.29, 0.717) is 10.7 Å². The summed E-state index contributed by atoms with van der Waals surface area (Å²) >= 11 is 5.50. The number of nitrogens with zero attached hydrogens (tertiary/aromatic N) is 1. The Labute approximate surface area is 69.4 Å². The normalized spacial score (nSPS) is 9.27. The number of hydrogen-bond acceptors (Lipinski definition) is 2. The van der Waals surface area contributed by atoms with Gasteiger partial charge in [0.2, 0.25) is 0 Å². The molecule has 1 N–H and O–H groups in total. The summed E-state index contributed by atoms with van der Waals surface area (Å²) in [6, 6.07) is 3.13. The highest BCUT2D eigenvalue weighted by Crippen LogP contribution is 2.04. The first-order chi connectivity index (χ1) is 5.24. The molecule has 1 aromatic rings. The molecule has 1 amide bonds. The quantitative estimate of drug-likeness (QED) is 0.643. The Morgan fingerprint density at radius 2 is 2.36 bits per heavy atom. The van der Waals surface area contributed by atoms with Crippen molar-refractivity contribution in [2.75, 3.05) is 0 Å². The zero-order chi connectivity index (χ0) is 8.27. The average molecular weight is 170 g/mol. The summed E-state index contributed by atoms with van der Waals surface area (Å²) in [6.45, 7) is 0. The molecule has 0 aliphatic rings. The van der Waals surface area contributed by atoms with E-state index in [-0.39, 0.29) is 5.91 Å².